The average Bonchev–Trinajstić information content (AvgIpc) is 1.88. The van der Waals surface area contributed by atoms with Crippen LogP contribution in [0.5, 0.6) is 0 Å². The van der Waals surface area contributed by atoms with Crippen LogP contribution in [0.3, 0.4) is 0 Å². The van der Waals surface area contributed by atoms with Crippen LogP contribution in [0.2, 0.25) is 0 Å². The zero-order valence-corrected chi connectivity index (χ0v) is 5.50. The Hall–Kier alpha value is -0.860. The van der Waals surface area contributed by atoms with Crippen molar-refractivity contribution >= 4 is 12.6 Å². The maximum atomic E-state index is 7.65. The van der Waals surface area contributed by atoms with Crippen molar-refractivity contribution in [2.75, 3.05) is 0 Å². The van der Waals surface area contributed by atoms with Crippen LogP contribution in [0.1, 0.15) is 20.8 Å². The lowest BCUT2D eigenvalue weighted by Gasteiger charge is -1.63. The molecule has 0 amide bonds. The van der Waals surface area contributed by atoms with Gasteiger partial charge >= 0.3 is 0 Å². The van der Waals surface area contributed by atoms with Gasteiger partial charge in [0.25, 0.3) is 0 Å². The molecule has 1 N–H and O–H groups in total. The quantitative estimate of drug-likeness (QED) is 0.240. The minimum Gasteiger partial charge on any atom is -0.410 e. The topological polar surface area (TPSA) is 45.0 Å². The van der Waals surface area contributed by atoms with Crippen LogP contribution < -0.4 is 0 Å². The van der Waals surface area contributed by atoms with E-state index in [1.807, 2.05) is 13.8 Å². The third-order valence-electron chi connectivity index (χ3n) is 0.267. The Morgan fingerprint density at radius 2 is 1.88 bits per heavy atom. The molecule has 0 spiro atoms. The van der Waals surface area contributed by atoms with E-state index in [2.05, 4.69) is 10.1 Å². The molecule has 0 saturated heterocycles. The number of nitrogens with zero attached hydrogens (tertiary/aromatic N) is 2. The summed E-state index contributed by atoms with van der Waals surface area (Å²) in [5, 5.41) is 10.3. The zero-order valence-electron chi connectivity index (χ0n) is 5.50. The fourth-order valence-electron chi connectivity index (χ4n) is 0.0965. The van der Waals surface area contributed by atoms with Crippen molar-refractivity contribution in [2.45, 2.75) is 20.8 Å². The Labute approximate surface area is 49.7 Å². The summed E-state index contributed by atoms with van der Waals surface area (Å²) in [5.74, 6) is 0. The fraction of sp³-hybridized carbons (Fsp3) is 0.600. The molecule has 0 rings (SSSR count). The molecular weight excluding hydrogens is 104 g/mol. The van der Waals surface area contributed by atoms with E-state index in [0.717, 1.165) is 6.34 Å². The summed E-state index contributed by atoms with van der Waals surface area (Å²) in [4.78, 5) is 3.42. The summed E-state index contributed by atoms with van der Waals surface area (Å²) in [6, 6.07) is 0. The molecule has 0 aromatic carbocycles. The Kier molecular flexibility index (Phi) is 21.0. The minimum atomic E-state index is 1.06. The van der Waals surface area contributed by atoms with E-state index in [9.17, 15) is 0 Å². The predicted octanol–water partition coefficient (Wildman–Crippen LogP) is 1.52. The van der Waals surface area contributed by atoms with Gasteiger partial charge in [-0.3, -0.25) is 0 Å². The highest BCUT2D eigenvalue weighted by Crippen LogP contribution is 1.52. The zero-order chi connectivity index (χ0) is 6.83. The molecule has 0 fully saturated rings. The molecule has 0 aliphatic rings. The lowest BCUT2D eigenvalue weighted by Crippen LogP contribution is -1.62. The summed E-state index contributed by atoms with van der Waals surface area (Å²) in [6.07, 6.45) is 2.58. The maximum absolute atomic E-state index is 7.65. The van der Waals surface area contributed by atoms with Gasteiger partial charge < -0.3 is 5.21 Å². The second kappa shape index (κ2) is 16.5. The molecule has 0 aromatic heterocycles. The van der Waals surface area contributed by atoms with Gasteiger partial charge in [0.15, 0.2) is 6.34 Å². The van der Waals surface area contributed by atoms with Gasteiger partial charge in [0.2, 0.25) is 0 Å². The average molecular weight is 116 g/mol. The van der Waals surface area contributed by atoms with E-state index in [-0.39, 0.29) is 0 Å². The first-order valence-electron chi connectivity index (χ1n) is 2.55. The summed E-state index contributed by atoms with van der Waals surface area (Å²) in [5.41, 5.74) is 0. The van der Waals surface area contributed by atoms with Crippen molar-refractivity contribution in [3.05, 3.63) is 0 Å². The lowest BCUT2D eigenvalue weighted by atomic mass is 10.9. The third kappa shape index (κ3) is 19.2. The van der Waals surface area contributed by atoms with Crippen LogP contribution in [-0.2, 0) is 0 Å². The summed E-state index contributed by atoms with van der Waals surface area (Å²) in [6.45, 7) is 5.74. The van der Waals surface area contributed by atoms with Crippen LogP contribution in [0.4, 0.5) is 0 Å². The van der Waals surface area contributed by atoms with E-state index < -0.39 is 0 Å². The molecule has 3 nitrogen and oxygen atoms in total. The highest BCUT2D eigenvalue weighted by atomic mass is 16.4. The Morgan fingerprint density at radius 3 is 2.00 bits per heavy atom. The molecule has 0 unspecified atom stereocenters. The second-order valence-electron chi connectivity index (χ2n) is 0.638. The Morgan fingerprint density at radius 1 is 1.38 bits per heavy atom. The standard InChI is InChI=1S/C3H6N2O.C2H6/c1-2-4-3-5-6;1-2/h2-3,6H,1H3;1-2H3/b4-2?,5-3-;. The molecular formula is C5H12N2O. The predicted molar refractivity (Wildman–Crippen MR) is 35.8 cm³/mol. The largest absolute Gasteiger partial charge is 0.410 e. The summed E-state index contributed by atoms with van der Waals surface area (Å²) < 4.78 is 0. The van der Waals surface area contributed by atoms with E-state index in [4.69, 9.17) is 5.21 Å². The van der Waals surface area contributed by atoms with Crippen molar-refractivity contribution in [1.29, 1.82) is 0 Å². The minimum absolute atomic E-state index is 1.06. The first kappa shape index (κ1) is 10.2. The molecule has 0 bridgehead atoms. The van der Waals surface area contributed by atoms with Crippen LogP contribution >= 0.6 is 0 Å². The molecule has 48 valence electrons. The third-order valence-corrected chi connectivity index (χ3v) is 0.267. The molecule has 0 aliphatic carbocycles. The molecule has 0 aliphatic heterocycles. The highest BCUT2D eigenvalue weighted by molar-refractivity contribution is 5.69. The van der Waals surface area contributed by atoms with E-state index >= 15 is 0 Å². The summed E-state index contributed by atoms with van der Waals surface area (Å²) in [7, 11) is 0. The Balaban J connectivity index is 0. The Bertz CT molecular complexity index is 58.8. The van der Waals surface area contributed by atoms with Gasteiger partial charge in [-0.25, -0.2) is 4.99 Å². The number of hydrogen-bond acceptors (Lipinski definition) is 2. The molecule has 8 heavy (non-hydrogen) atoms. The number of hydrogen-bond donors (Lipinski definition) is 1. The lowest BCUT2D eigenvalue weighted by molar-refractivity contribution is 0.321. The van der Waals surface area contributed by atoms with Crippen molar-refractivity contribution in [1.82, 2.24) is 0 Å². The van der Waals surface area contributed by atoms with Gasteiger partial charge in [0, 0.05) is 6.21 Å². The van der Waals surface area contributed by atoms with Crippen molar-refractivity contribution in [3.8, 4) is 0 Å². The normalized spacial score (nSPS) is 9.38. The highest BCUT2D eigenvalue weighted by Gasteiger charge is 1.50. The maximum Gasteiger partial charge on any atom is 0.154 e. The van der Waals surface area contributed by atoms with E-state index in [1.54, 1.807) is 6.92 Å². The first-order valence-corrected chi connectivity index (χ1v) is 2.55. The molecule has 0 heterocycles. The fourth-order valence-corrected chi connectivity index (χ4v) is 0.0965. The van der Waals surface area contributed by atoms with E-state index in [1.165, 1.54) is 6.21 Å². The molecule has 0 atom stereocenters. The molecule has 0 radical (unpaired) electrons. The van der Waals surface area contributed by atoms with Crippen LogP contribution in [0, 0.1) is 0 Å². The van der Waals surface area contributed by atoms with Gasteiger partial charge in [-0.15, -0.1) is 0 Å². The van der Waals surface area contributed by atoms with Gasteiger partial charge in [-0.2, -0.15) is 0 Å². The van der Waals surface area contributed by atoms with E-state index in [0.29, 0.717) is 0 Å². The van der Waals surface area contributed by atoms with Crippen molar-refractivity contribution in [2.24, 2.45) is 10.1 Å². The smallest absolute Gasteiger partial charge is 0.154 e. The van der Waals surface area contributed by atoms with Gasteiger partial charge in [0.05, 0.1) is 0 Å². The number of rotatable bonds is 1. The molecule has 3 heteroatoms. The molecule has 0 aromatic rings. The van der Waals surface area contributed by atoms with Crippen molar-refractivity contribution in [3.63, 3.8) is 0 Å². The summed E-state index contributed by atoms with van der Waals surface area (Å²) >= 11 is 0. The van der Waals surface area contributed by atoms with Crippen molar-refractivity contribution < 1.29 is 5.21 Å². The SMILES string of the molecule is CC.CC=N/C=N\O. The van der Waals surface area contributed by atoms with Crippen LogP contribution in [-0.4, -0.2) is 17.8 Å². The number of oxime groups is 1. The first-order chi connectivity index (χ1) is 3.91. The number of aliphatic imine (C=N–C) groups is 1. The van der Waals surface area contributed by atoms with Crippen LogP contribution in [0.25, 0.3) is 0 Å². The monoisotopic (exact) mass is 116 g/mol. The molecule has 0 saturated carbocycles. The van der Waals surface area contributed by atoms with Gasteiger partial charge in [-0.05, 0) is 6.92 Å². The van der Waals surface area contributed by atoms with Gasteiger partial charge in [-0.1, -0.05) is 19.0 Å². The second-order valence-corrected chi connectivity index (χ2v) is 0.638. The van der Waals surface area contributed by atoms with Gasteiger partial charge in [0.1, 0.15) is 0 Å². The van der Waals surface area contributed by atoms with Crippen LogP contribution in [0.15, 0.2) is 10.1 Å².